The van der Waals surface area contributed by atoms with Crippen LogP contribution in [0.5, 0.6) is 5.88 Å². The van der Waals surface area contributed by atoms with Gasteiger partial charge in [0.25, 0.3) is 5.56 Å². The van der Waals surface area contributed by atoms with Crippen molar-refractivity contribution in [1.29, 1.82) is 5.41 Å². The van der Waals surface area contributed by atoms with Crippen molar-refractivity contribution in [1.82, 2.24) is 18.2 Å². The Labute approximate surface area is 225 Å². The summed E-state index contributed by atoms with van der Waals surface area (Å²) in [5.41, 5.74) is 4.13. The molecule has 1 aliphatic carbocycles. The number of amides is 1. The summed E-state index contributed by atoms with van der Waals surface area (Å²) in [5.74, 6) is -1.21. The summed E-state index contributed by atoms with van der Waals surface area (Å²) in [6, 6.07) is 8.42. The third-order valence-corrected chi connectivity index (χ3v) is 8.89. The number of nitrogen functional groups attached to an aromatic ring is 1. The Morgan fingerprint density at radius 1 is 1.21 bits per heavy atom. The highest BCUT2D eigenvalue weighted by atomic mass is 32.2. The zero-order valence-corrected chi connectivity index (χ0v) is 22.6. The lowest BCUT2D eigenvalue weighted by Gasteiger charge is -2.52. The topological polar surface area (TPSA) is 190 Å². The lowest BCUT2D eigenvalue weighted by Crippen LogP contribution is -2.62. The fraction of sp³-hybridized carbons (Fsp3) is 0.520. The Kier molecular flexibility index (Phi) is 8.16. The average Bonchev–Trinajstić information content (AvgIpc) is 2.86. The van der Waals surface area contributed by atoms with E-state index >= 15 is 0 Å². The minimum atomic E-state index is -4.08. The van der Waals surface area contributed by atoms with Crippen LogP contribution in [0.2, 0.25) is 0 Å². The Hall–Kier alpha value is -3.65. The van der Waals surface area contributed by atoms with E-state index in [1.165, 1.54) is 4.31 Å². The van der Waals surface area contributed by atoms with Crippen molar-refractivity contribution in [3.8, 4) is 5.88 Å². The van der Waals surface area contributed by atoms with E-state index in [1.807, 2.05) is 17.7 Å². The number of carbonyl (C=O) groups excluding carboxylic acids is 1. The molecule has 1 saturated carbocycles. The number of rotatable bonds is 9. The van der Waals surface area contributed by atoms with Gasteiger partial charge in [-0.15, -0.1) is 0 Å². The molecule has 1 aromatic heterocycles. The molecule has 212 valence electrons. The fourth-order valence-corrected chi connectivity index (χ4v) is 6.60. The van der Waals surface area contributed by atoms with Crippen molar-refractivity contribution >= 4 is 22.1 Å². The molecule has 1 aromatic carbocycles. The molecule has 39 heavy (non-hydrogen) atoms. The molecule has 0 radical (unpaired) electrons. The molecule has 0 unspecified atom stereocenters. The van der Waals surface area contributed by atoms with Gasteiger partial charge in [-0.3, -0.25) is 19.3 Å². The number of hydrogen-bond acceptors (Lipinski definition) is 8. The van der Waals surface area contributed by atoms with Crippen molar-refractivity contribution in [3.05, 3.63) is 62.3 Å². The second-order valence-corrected chi connectivity index (χ2v) is 11.9. The summed E-state index contributed by atoms with van der Waals surface area (Å²) in [4.78, 5) is 38.3. The van der Waals surface area contributed by atoms with Gasteiger partial charge in [-0.05, 0) is 43.1 Å². The van der Waals surface area contributed by atoms with Crippen molar-refractivity contribution in [2.24, 2.45) is 11.1 Å². The molecule has 1 amide bonds. The van der Waals surface area contributed by atoms with E-state index in [9.17, 15) is 27.9 Å². The number of carbonyl (C=O) groups is 1. The molecule has 2 aromatic rings. The maximum Gasteiger partial charge on any atom is 0.422 e. The number of aromatic nitrogens is 2. The first kappa shape index (κ1) is 28.4. The van der Waals surface area contributed by atoms with Crippen LogP contribution in [0.15, 0.2) is 39.9 Å². The number of ether oxygens (including phenoxy) is 1. The zero-order chi connectivity index (χ0) is 28.4. The molecular weight excluding hydrogens is 528 g/mol. The van der Waals surface area contributed by atoms with Gasteiger partial charge in [0, 0.05) is 25.7 Å². The lowest BCUT2D eigenvalue weighted by atomic mass is 9.68. The fourth-order valence-electron chi connectivity index (χ4n) is 5.32. The van der Waals surface area contributed by atoms with E-state index in [2.05, 4.69) is 0 Å². The van der Waals surface area contributed by atoms with E-state index in [0.717, 1.165) is 21.1 Å². The molecule has 4 rings (SSSR count). The number of nitrogens with zero attached hydrogens (tertiary/aromatic N) is 3. The zero-order valence-electron chi connectivity index (χ0n) is 21.8. The van der Waals surface area contributed by atoms with Gasteiger partial charge in [0.2, 0.25) is 5.88 Å². The predicted molar refractivity (Wildman–Crippen MR) is 143 cm³/mol. The van der Waals surface area contributed by atoms with Crippen LogP contribution in [0.3, 0.4) is 0 Å². The average molecular weight is 563 g/mol. The number of nitrogens with one attached hydrogen (secondary N) is 2. The Bertz CT molecular complexity index is 1450. The molecule has 0 bridgehead atoms. The summed E-state index contributed by atoms with van der Waals surface area (Å²) < 4.78 is 35.6. The third-order valence-electron chi connectivity index (χ3n) is 7.52. The van der Waals surface area contributed by atoms with Crippen LogP contribution in [-0.4, -0.2) is 52.0 Å². The molecule has 0 atom stereocenters. The maximum absolute atomic E-state index is 13.2. The van der Waals surface area contributed by atoms with Gasteiger partial charge in [0.1, 0.15) is 18.0 Å². The predicted octanol–water partition coefficient (Wildman–Crippen LogP) is 1.39. The summed E-state index contributed by atoms with van der Waals surface area (Å²) in [6.07, 6.45) is 2.27. The highest BCUT2D eigenvalue weighted by molar-refractivity contribution is 7.87. The van der Waals surface area contributed by atoms with Crippen molar-refractivity contribution in [3.63, 3.8) is 0 Å². The molecule has 14 heteroatoms. The number of amidine groups is 1. The molecule has 2 aliphatic rings. The highest BCUT2D eigenvalue weighted by Crippen LogP contribution is 2.47. The van der Waals surface area contributed by atoms with Crippen LogP contribution >= 0.6 is 0 Å². The van der Waals surface area contributed by atoms with Gasteiger partial charge in [0.05, 0.1) is 0 Å². The Morgan fingerprint density at radius 2 is 1.85 bits per heavy atom. The lowest BCUT2D eigenvalue weighted by molar-refractivity contribution is 0.0151. The Morgan fingerprint density at radius 3 is 2.44 bits per heavy atom. The van der Waals surface area contributed by atoms with Crippen molar-refractivity contribution < 1.29 is 23.1 Å². The minimum absolute atomic E-state index is 0.0599. The van der Waals surface area contributed by atoms with Gasteiger partial charge < -0.3 is 15.6 Å². The van der Waals surface area contributed by atoms with Crippen LogP contribution in [-0.2, 0) is 28.1 Å². The standard InChI is InChI=1S/C25H34N6O7S/c1-2-3-13-30-21(32)19(20(26)27)22(33)31(24(30)35)18-9-11-25(12-10-18)15-29(16-25)39(36,37)28-23(34)38-14-17-7-5-4-6-8-17/h4-8,18,32H,2-3,9-16H2,1H3,(H3,26,27)(H,28,34). The second kappa shape index (κ2) is 11.2. The van der Waals surface area contributed by atoms with Gasteiger partial charge in [-0.1, -0.05) is 43.7 Å². The second-order valence-electron chi connectivity index (χ2n) is 10.2. The van der Waals surface area contributed by atoms with E-state index in [1.54, 1.807) is 24.3 Å². The van der Waals surface area contributed by atoms with Gasteiger partial charge in [-0.2, -0.15) is 12.7 Å². The minimum Gasteiger partial charge on any atom is -0.494 e. The van der Waals surface area contributed by atoms with Crippen molar-refractivity contribution in [2.45, 2.75) is 64.6 Å². The van der Waals surface area contributed by atoms with E-state index in [0.29, 0.717) is 32.1 Å². The molecule has 2 heterocycles. The molecule has 1 saturated heterocycles. The molecular formula is C25H34N6O7S. The molecule has 13 nitrogen and oxygen atoms in total. The van der Waals surface area contributed by atoms with Crippen LogP contribution in [0.1, 0.15) is 62.6 Å². The first-order valence-electron chi connectivity index (χ1n) is 12.9. The monoisotopic (exact) mass is 562 g/mol. The van der Waals surface area contributed by atoms with Gasteiger partial charge in [0.15, 0.2) is 0 Å². The normalized spacial score (nSPS) is 17.5. The summed E-state index contributed by atoms with van der Waals surface area (Å²) in [6.45, 7) is 2.45. The van der Waals surface area contributed by atoms with Crippen molar-refractivity contribution in [2.75, 3.05) is 13.1 Å². The number of unbranched alkanes of at least 4 members (excludes halogenated alkanes) is 1. The largest absolute Gasteiger partial charge is 0.494 e. The third kappa shape index (κ3) is 5.86. The molecule has 1 aliphatic heterocycles. The highest BCUT2D eigenvalue weighted by Gasteiger charge is 2.50. The number of benzene rings is 1. The molecule has 5 N–H and O–H groups in total. The van der Waals surface area contributed by atoms with E-state index in [-0.39, 0.29) is 31.7 Å². The molecule has 1 spiro atoms. The van der Waals surface area contributed by atoms with Crippen LogP contribution in [0.4, 0.5) is 4.79 Å². The summed E-state index contributed by atoms with van der Waals surface area (Å²) >= 11 is 0. The quantitative estimate of drug-likeness (QED) is 0.260. The number of nitrogens with two attached hydrogens (primary N) is 1. The molecule has 2 fully saturated rings. The van der Waals surface area contributed by atoms with Crippen LogP contribution < -0.4 is 21.7 Å². The summed E-state index contributed by atoms with van der Waals surface area (Å²) in [7, 11) is -4.08. The summed E-state index contributed by atoms with van der Waals surface area (Å²) in [5, 5.41) is 18.2. The number of aromatic hydroxyl groups is 1. The SMILES string of the molecule is CCCCn1c(O)c(C(=N)N)c(=O)n(C2CCC3(CC2)CN(S(=O)(=O)NC(=O)OCc2ccccc2)C3)c1=O. The van der Waals surface area contributed by atoms with E-state index < -0.39 is 50.9 Å². The maximum atomic E-state index is 13.2. The first-order valence-corrected chi connectivity index (χ1v) is 14.3. The smallest absolute Gasteiger partial charge is 0.422 e. The van der Waals surface area contributed by atoms with E-state index in [4.69, 9.17) is 15.9 Å². The Balaban J connectivity index is 1.39. The van der Waals surface area contributed by atoms with Gasteiger partial charge >= 0.3 is 22.0 Å². The van der Waals surface area contributed by atoms with Crippen LogP contribution in [0, 0.1) is 10.8 Å². The van der Waals surface area contributed by atoms with Gasteiger partial charge in [-0.25, -0.2) is 14.3 Å². The van der Waals surface area contributed by atoms with Crippen LogP contribution in [0.25, 0.3) is 0 Å². The number of hydrogen-bond donors (Lipinski definition) is 4. The first-order chi connectivity index (χ1) is 18.5.